The zero-order chi connectivity index (χ0) is 17.4. The molecule has 0 bridgehead atoms. The fraction of sp³-hybridized carbons (Fsp3) is 0.556. The molecule has 3 N–H and O–H groups in total. The minimum absolute atomic E-state index is 0.0480. The molecule has 1 fully saturated rings. The number of carbonyl (C=O) groups excluding carboxylic acids is 1. The summed E-state index contributed by atoms with van der Waals surface area (Å²) in [7, 11) is 1.75. The normalized spacial score (nSPS) is 20.7. The number of rotatable bonds is 6. The van der Waals surface area contributed by atoms with E-state index in [1.807, 2.05) is 31.2 Å². The number of amides is 1. The third-order valence-corrected chi connectivity index (χ3v) is 4.14. The Hall–Kier alpha value is -2.08. The number of benzene rings is 1. The number of hydrogen-bond acceptors (Lipinski definition) is 3. The molecule has 1 atom stereocenters. The third kappa shape index (κ3) is 5.23. The molecule has 1 saturated heterocycles. The molecule has 1 amide bonds. The smallest absolute Gasteiger partial charge is 0.251 e. The number of nitrogens with zero attached hydrogens (tertiary/aromatic N) is 1. The van der Waals surface area contributed by atoms with E-state index < -0.39 is 0 Å². The first-order chi connectivity index (χ1) is 11.6. The van der Waals surface area contributed by atoms with E-state index >= 15 is 0 Å². The van der Waals surface area contributed by atoms with Crippen molar-refractivity contribution in [3.05, 3.63) is 35.4 Å². The van der Waals surface area contributed by atoms with Crippen molar-refractivity contribution in [2.75, 3.05) is 26.7 Å². The van der Waals surface area contributed by atoms with Gasteiger partial charge in [-0.3, -0.25) is 9.79 Å². The SMILES string of the molecule is CCNC(=O)c1cccc(CNC(=NC)NCC2(C)CCCO2)c1. The molecule has 6 nitrogen and oxygen atoms in total. The van der Waals surface area contributed by atoms with E-state index in [9.17, 15) is 4.79 Å². The van der Waals surface area contributed by atoms with E-state index in [2.05, 4.69) is 27.9 Å². The summed E-state index contributed by atoms with van der Waals surface area (Å²) in [4.78, 5) is 16.1. The highest BCUT2D eigenvalue weighted by Gasteiger charge is 2.29. The average molecular weight is 332 g/mol. The molecule has 1 aliphatic heterocycles. The lowest BCUT2D eigenvalue weighted by atomic mass is 10.0. The van der Waals surface area contributed by atoms with Crippen LogP contribution in [0.3, 0.4) is 0 Å². The van der Waals surface area contributed by atoms with Crippen LogP contribution < -0.4 is 16.0 Å². The highest BCUT2D eigenvalue weighted by atomic mass is 16.5. The van der Waals surface area contributed by atoms with E-state index in [1.165, 1.54) is 0 Å². The zero-order valence-electron chi connectivity index (χ0n) is 14.8. The molecule has 0 spiro atoms. The monoisotopic (exact) mass is 332 g/mol. The maximum atomic E-state index is 11.9. The van der Waals surface area contributed by atoms with E-state index in [-0.39, 0.29) is 11.5 Å². The summed E-state index contributed by atoms with van der Waals surface area (Å²) in [5.74, 6) is 0.684. The highest BCUT2D eigenvalue weighted by Crippen LogP contribution is 2.23. The van der Waals surface area contributed by atoms with Crippen molar-refractivity contribution in [1.82, 2.24) is 16.0 Å². The zero-order valence-corrected chi connectivity index (χ0v) is 14.8. The average Bonchev–Trinajstić information content (AvgIpc) is 3.02. The second-order valence-electron chi connectivity index (χ2n) is 6.24. The topological polar surface area (TPSA) is 74.8 Å². The van der Waals surface area contributed by atoms with Gasteiger partial charge in [0.25, 0.3) is 5.91 Å². The molecular weight excluding hydrogens is 304 g/mol. The van der Waals surface area contributed by atoms with Gasteiger partial charge in [0.05, 0.1) is 5.60 Å². The largest absolute Gasteiger partial charge is 0.373 e. The van der Waals surface area contributed by atoms with Crippen molar-refractivity contribution < 1.29 is 9.53 Å². The minimum Gasteiger partial charge on any atom is -0.373 e. The van der Waals surface area contributed by atoms with Crippen LogP contribution in [0.4, 0.5) is 0 Å². The van der Waals surface area contributed by atoms with E-state index in [1.54, 1.807) is 7.05 Å². The van der Waals surface area contributed by atoms with Gasteiger partial charge in [-0.05, 0) is 44.4 Å². The summed E-state index contributed by atoms with van der Waals surface area (Å²) in [5, 5.41) is 9.40. The van der Waals surface area contributed by atoms with Gasteiger partial charge in [-0.2, -0.15) is 0 Å². The van der Waals surface area contributed by atoms with Crippen LogP contribution in [0.2, 0.25) is 0 Å². The van der Waals surface area contributed by atoms with Crippen LogP contribution in [0, 0.1) is 0 Å². The van der Waals surface area contributed by atoms with Crippen LogP contribution in [-0.4, -0.2) is 44.2 Å². The van der Waals surface area contributed by atoms with Crippen LogP contribution in [-0.2, 0) is 11.3 Å². The summed E-state index contributed by atoms with van der Waals surface area (Å²) in [5.41, 5.74) is 1.59. The fourth-order valence-electron chi connectivity index (χ4n) is 2.74. The van der Waals surface area contributed by atoms with Gasteiger partial charge in [0.1, 0.15) is 0 Å². The van der Waals surface area contributed by atoms with Gasteiger partial charge in [0, 0.05) is 38.9 Å². The van der Waals surface area contributed by atoms with Gasteiger partial charge < -0.3 is 20.7 Å². The second kappa shape index (κ2) is 8.68. The Morgan fingerprint density at radius 3 is 2.83 bits per heavy atom. The van der Waals surface area contributed by atoms with Crippen LogP contribution in [0.1, 0.15) is 42.6 Å². The van der Waals surface area contributed by atoms with Crippen molar-refractivity contribution in [1.29, 1.82) is 0 Å². The molecule has 0 radical (unpaired) electrons. The van der Waals surface area contributed by atoms with Gasteiger partial charge >= 0.3 is 0 Å². The molecule has 0 saturated carbocycles. The number of aliphatic imine (C=N–C) groups is 1. The lowest BCUT2D eigenvalue weighted by molar-refractivity contribution is 0.0243. The summed E-state index contributed by atoms with van der Waals surface area (Å²) < 4.78 is 5.77. The first-order valence-corrected chi connectivity index (χ1v) is 8.52. The van der Waals surface area contributed by atoms with E-state index in [0.29, 0.717) is 18.7 Å². The predicted octanol–water partition coefficient (Wildman–Crippen LogP) is 1.67. The molecule has 1 aromatic carbocycles. The standard InChI is InChI=1S/C18H28N4O2/c1-4-20-16(23)15-8-5-7-14(11-15)12-21-17(19-3)22-13-18(2)9-6-10-24-18/h5,7-8,11H,4,6,9-10,12-13H2,1-3H3,(H,20,23)(H2,19,21,22). The summed E-state index contributed by atoms with van der Waals surface area (Å²) in [6, 6.07) is 7.60. The molecule has 132 valence electrons. The van der Waals surface area contributed by atoms with Gasteiger partial charge in [-0.1, -0.05) is 12.1 Å². The Balaban J connectivity index is 1.86. The molecule has 1 heterocycles. The molecule has 0 aromatic heterocycles. The van der Waals surface area contributed by atoms with Gasteiger partial charge in [0.2, 0.25) is 0 Å². The molecule has 24 heavy (non-hydrogen) atoms. The Morgan fingerprint density at radius 1 is 1.33 bits per heavy atom. The van der Waals surface area contributed by atoms with Gasteiger partial charge in [-0.25, -0.2) is 0 Å². The maximum absolute atomic E-state index is 11.9. The first-order valence-electron chi connectivity index (χ1n) is 8.52. The molecular formula is C18H28N4O2. The quantitative estimate of drug-likeness (QED) is 0.547. The minimum atomic E-state index is -0.115. The first kappa shape index (κ1) is 18.3. The van der Waals surface area contributed by atoms with Crippen molar-refractivity contribution in [2.45, 2.75) is 38.8 Å². The summed E-state index contributed by atoms with van der Waals surface area (Å²) in [6.07, 6.45) is 2.17. The molecule has 1 aliphatic rings. The Morgan fingerprint density at radius 2 is 2.17 bits per heavy atom. The van der Waals surface area contributed by atoms with Crippen molar-refractivity contribution in [3.63, 3.8) is 0 Å². The number of nitrogens with one attached hydrogen (secondary N) is 3. The van der Waals surface area contributed by atoms with Crippen LogP contribution >= 0.6 is 0 Å². The summed E-state index contributed by atoms with van der Waals surface area (Å²) >= 11 is 0. The van der Waals surface area contributed by atoms with Crippen LogP contribution in [0.5, 0.6) is 0 Å². The van der Waals surface area contributed by atoms with Crippen molar-refractivity contribution >= 4 is 11.9 Å². The number of guanidine groups is 1. The third-order valence-electron chi connectivity index (χ3n) is 4.14. The summed E-state index contributed by atoms with van der Waals surface area (Å²) in [6.45, 7) is 6.81. The number of hydrogen-bond donors (Lipinski definition) is 3. The van der Waals surface area contributed by atoms with Crippen molar-refractivity contribution in [3.8, 4) is 0 Å². The Kier molecular flexibility index (Phi) is 6.61. The molecule has 6 heteroatoms. The van der Waals surface area contributed by atoms with Crippen LogP contribution in [0.15, 0.2) is 29.3 Å². The highest BCUT2D eigenvalue weighted by molar-refractivity contribution is 5.94. The van der Waals surface area contributed by atoms with E-state index in [4.69, 9.17) is 4.74 Å². The van der Waals surface area contributed by atoms with Gasteiger partial charge in [0.15, 0.2) is 5.96 Å². The molecule has 0 aliphatic carbocycles. The predicted molar refractivity (Wildman–Crippen MR) is 96.2 cm³/mol. The molecule has 2 rings (SSSR count). The van der Waals surface area contributed by atoms with Gasteiger partial charge in [-0.15, -0.1) is 0 Å². The van der Waals surface area contributed by atoms with Crippen molar-refractivity contribution in [2.24, 2.45) is 4.99 Å². The fourth-order valence-corrected chi connectivity index (χ4v) is 2.74. The number of ether oxygens (including phenoxy) is 1. The van der Waals surface area contributed by atoms with E-state index in [0.717, 1.165) is 37.5 Å². The lowest BCUT2D eigenvalue weighted by Gasteiger charge is -2.24. The second-order valence-corrected chi connectivity index (χ2v) is 6.24. The molecule has 1 aromatic rings. The molecule has 1 unspecified atom stereocenters. The Labute approximate surface area is 144 Å². The Bertz CT molecular complexity index is 580. The number of carbonyl (C=O) groups is 1. The lowest BCUT2D eigenvalue weighted by Crippen LogP contribution is -2.45. The van der Waals surface area contributed by atoms with Crippen LogP contribution in [0.25, 0.3) is 0 Å². The maximum Gasteiger partial charge on any atom is 0.251 e.